The van der Waals surface area contributed by atoms with Crippen LogP contribution < -0.4 is 0 Å². The lowest BCUT2D eigenvalue weighted by molar-refractivity contribution is 0.112. The van der Waals surface area contributed by atoms with Gasteiger partial charge in [0.05, 0.1) is 0 Å². The smallest absolute Gasteiger partial charge is 0.00925 e. The van der Waals surface area contributed by atoms with Crippen molar-refractivity contribution in [3.63, 3.8) is 0 Å². The fourth-order valence-electron chi connectivity index (χ4n) is 3.03. The second-order valence-electron chi connectivity index (χ2n) is 6.06. The lowest BCUT2D eigenvalue weighted by atomic mass is 9.92. The average Bonchev–Trinajstić information content (AvgIpc) is 2.37. The quantitative estimate of drug-likeness (QED) is 0.415. The maximum atomic E-state index is 3.49. The van der Waals surface area contributed by atoms with Gasteiger partial charge in [-0.2, -0.15) is 0 Å². The lowest BCUT2D eigenvalue weighted by Crippen LogP contribution is -2.42. The van der Waals surface area contributed by atoms with Gasteiger partial charge in [-0.1, -0.05) is 55.0 Å². The maximum Gasteiger partial charge on any atom is 0.00925 e. The molecule has 0 amide bonds. The van der Waals surface area contributed by atoms with Crippen molar-refractivity contribution in [3.05, 3.63) is 0 Å². The standard InChI is InChI=1S/C16H32BrN/c1-15-11-10-14-18(16(15)2)13-9-7-5-3-4-6-8-12-17/h15-16H,3-14H2,1-2H3. The molecule has 18 heavy (non-hydrogen) atoms. The van der Waals surface area contributed by atoms with Crippen LogP contribution in [0, 0.1) is 5.92 Å². The number of unbranched alkanes of at least 4 members (excludes halogenated alkanes) is 6. The van der Waals surface area contributed by atoms with Gasteiger partial charge in [0.2, 0.25) is 0 Å². The minimum absolute atomic E-state index is 0.817. The van der Waals surface area contributed by atoms with Crippen molar-refractivity contribution in [1.82, 2.24) is 4.90 Å². The Labute approximate surface area is 123 Å². The molecule has 0 aromatic carbocycles. The summed E-state index contributed by atoms with van der Waals surface area (Å²) in [4.78, 5) is 2.72. The largest absolute Gasteiger partial charge is 0.300 e. The molecule has 0 aromatic rings. The lowest BCUT2D eigenvalue weighted by Gasteiger charge is -2.37. The molecule has 1 heterocycles. The number of likely N-dealkylation sites (tertiary alicyclic amines) is 1. The Morgan fingerprint density at radius 3 is 2.22 bits per heavy atom. The van der Waals surface area contributed by atoms with Gasteiger partial charge >= 0.3 is 0 Å². The van der Waals surface area contributed by atoms with Crippen LogP contribution >= 0.6 is 15.9 Å². The summed E-state index contributed by atoms with van der Waals surface area (Å²) in [5, 5.41) is 1.18. The zero-order valence-corrected chi connectivity index (χ0v) is 14.1. The fraction of sp³-hybridized carbons (Fsp3) is 1.00. The van der Waals surface area contributed by atoms with Gasteiger partial charge in [0.15, 0.2) is 0 Å². The molecule has 0 aromatic heterocycles. The summed E-state index contributed by atoms with van der Waals surface area (Å²) in [5.41, 5.74) is 0. The van der Waals surface area contributed by atoms with E-state index in [0.29, 0.717) is 0 Å². The van der Waals surface area contributed by atoms with E-state index < -0.39 is 0 Å². The van der Waals surface area contributed by atoms with Crippen LogP contribution in [0.3, 0.4) is 0 Å². The van der Waals surface area contributed by atoms with E-state index in [1.165, 1.54) is 76.2 Å². The first-order chi connectivity index (χ1) is 8.75. The van der Waals surface area contributed by atoms with Crippen LogP contribution in [0.25, 0.3) is 0 Å². The molecule has 0 N–H and O–H groups in total. The van der Waals surface area contributed by atoms with Gasteiger partial charge in [0, 0.05) is 11.4 Å². The Morgan fingerprint density at radius 1 is 0.944 bits per heavy atom. The predicted octanol–water partition coefficient (Wildman–Crippen LogP) is 5.23. The van der Waals surface area contributed by atoms with Crippen molar-refractivity contribution in [2.24, 2.45) is 5.92 Å². The number of rotatable bonds is 9. The molecule has 0 radical (unpaired) electrons. The molecule has 0 aliphatic carbocycles. The molecule has 2 heteroatoms. The third-order valence-corrected chi connectivity index (χ3v) is 5.14. The van der Waals surface area contributed by atoms with Crippen LogP contribution in [0.4, 0.5) is 0 Å². The van der Waals surface area contributed by atoms with Gasteiger partial charge in [0.1, 0.15) is 0 Å². The first-order valence-electron chi connectivity index (χ1n) is 8.05. The van der Waals surface area contributed by atoms with Crippen molar-refractivity contribution in [2.75, 3.05) is 18.4 Å². The number of alkyl halides is 1. The van der Waals surface area contributed by atoms with Crippen LogP contribution in [0.5, 0.6) is 0 Å². The van der Waals surface area contributed by atoms with Crippen molar-refractivity contribution >= 4 is 15.9 Å². The molecule has 2 atom stereocenters. The fourth-order valence-corrected chi connectivity index (χ4v) is 3.43. The second-order valence-corrected chi connectivity index (χ2v) is 6.85. The third-order valence-electron chi connectivity index (χ3n) is 4.58. The first kappa shape index (κ1) is 16.5. The number of nitrogens with zero attached hydrogens (tertiary/aromatic N) is 1. The van der Waals surface area contributed by atoms with E-state index in [9.17, 15) is 0 Å². The van der Waals surface area contributed by atoms with E-state index in [2.05, 4.69) is 34.7 Å². The molecule has 0 saturated carbocycles. The molecule has 0 spiro atoms. The van der Waals surface area contributed by atoms with E-state index >= 15 is 0 Å². The van der Waals surface area contributed by atoms with Crippen LogP contribution in [-0.4, -0.2) is 29.4 Å². The average molecular weight is 318 g/mol. The van der Waals surface area contributed by atoms with Gasteiger partial charge < -0.3 is 4.90 Å². The van der Waals surface area contributed by atoms with Crippen LogP contribution in [-0.2, 0) is 0 Å². The normalized spacial score (nSPS) is 25.5. The highest BCUT2D eigenvalue weighted by molar-refractivity contribution is 9.09. The monoisotopic (exact) mass is 317 g/mol. The Balaban J connectivity index is 1.94. The topological polar surface area (TPSA) is 3.24 Å². The zero-order chi connectivity index (χ0) is 13.2. The SMILES string of the molecule is CC1CCCN(CCCCCCCCCBr)C1C. The molecular weight excluding hydrogens is 286 g/mol. The van der Waals surface area contributed by atoms with E-state index in [1.807, 2.05) is 0 Å². The molecular formula is C16H32BrN. The van der Waals surface area contributed by atoms with Crippen LogP contribution in [0.15, 0.2) is 0 Å². The molecule has 108 valence electrons. The summed E-state index contributed by atoms with van der Waals surface area (Å²) in [6.07, 6.45) is 12.8. The van der Waals surface area contributed by atoms with Crippen LogP contribution in [0.1, 0.15) is 71.6 Å². The summed E-state index contributed by atoms with van der Waals surface area (Å²) in [6, 6.07) is 0.817. The van der Waals surface area contributed by atoms with Crippen molar-refractivity contribution in [1.29, 1.82) is 0 Å². The van der Waals surface area contributed by atoms with Crippen LogP contribution in [0.2, 0.25) is 0 Å². The number of halogens is 1. The van der Waals surface area contributed by atoms with Gasteiger partial charge in [-0.05, 0) is 51.6 Å². The third kappa shape index (κ3) is 6.56. The predicted molar refractivity (Wildman–Crippen MR) is 85.5 cm³/mol. The van der Waals surface area contributed by atoms with Gasteiger partial charge in [-0.25, -0.2) is 0 Å². The first-order valence-corrected chi connectivity index (χ1v) is 9.18. The number of piperidine rings is 1. The summed E-state index contributed by atoms with van der Waals surface area (Å²) in [6.45, 7) is 7.52. The Bertz CT molecular complexity index is 196. The van der Waals surface area contributed by atoms with Gasteiger partial charge in [-0.3, -0.25) is 0 Å². The molecule has 1 nitrogen and oxygen atoms in total. The molecule has 0 bridgehead atoms. The summed E-state index contributed by atoms with van der Waals surface area (Å²) in [5.74, 6) is 0.906. The van der Waals surface area contributed by atoms with E-state index in [1.54, 1.807) is 0 Å². The number of hydrogen-bond acceptors (Lipinski definition) is 1. The summed E-state index contributed by atoms with van der Waals surface area (Å²) < 4.78 is 0. The zero-order valence-electron chi connectivity index (χ0n) is 12.5. The minimum Gasteiger partial charge on any atom is -0.300 e. The maximum absolute atomic E-state index is 3.49. The Kier molecular flexibility index (Phi) is 9.40. The van der Waals surface area contributed by atoms with E-state index in [-0.39, 0.29) is 0 Å². The van der Waals surface area contributed by atoms with E-state index in [4.69, 9.17) is 0 Å². The van der Waals surface area contributed by atoms with Crippen molar-refractivity contribution in [2.45, 2.75) is 77.7 Å². The highest BCUT2D eigenvalue weighted by Gasteiger charge is 2.23. The molecule has 1 aliphatic rings. The Morgan fingerprint density at radius 2 is 1.56 bits per heavy atom. The molecule has 2 unspecified atom stereocenters. The van der Waals surface area contributed by atoms with Gasteiger partial charge in [-0.15, -0.1) is 0 Å². The van der Waals surface area contributed by atoms with Crippen molar-refractivity contribution < 1.29 is 0 Å². The summed E-state index contributed by atoms with van der Waals surface area (Å²) in [7, 11) is 0. The van der Waals surface area contributed by atoms with E-state index in [0.717, 1.165) is 12.0 Å². The van der Waals surface area contributed by atoms with Gasteiger partial charge in [0.25, 0.3) is 0 Å². The molecule has 1 aliphatic heterocycles. The molecule has 1 fully saturated rings. The molecule has 1 saturated heterocycles. The Hall–Kier alpha value is 0.440. The van der Waals surface area contributed by atoms with Crippen molar-refractivity contribution in [3.8, 4) is 0 Å². The second kappa shape index (κ2) is 10.3. The minimum atomic E-state index is 0.817. The molecule has 1 rings (SSSR count). The summed E-state index contributed by atoms with van der Waals surface area (Å²) >= 11 is 3.49. The highest BCUT2D eigenvalue weighted by Crippen LogP contribution is 2.23. The highest BCUT2D eigenvalue weighted by atomic mass is 79.9. The number of hydrogen-bond donors (Lipinski definition) is 0.